The lowest BCUT2D eigenvalue weighted by molar-refractivity contribution is -0.137. The third kappa shape index (κ3) is 4.51. The fourth-order valence-electron chi connectivity index (χ4n) is 3.06. The first kappa shape index (κ1) is 21.9. The summed E-state index contributed by atoms with van der Waals surface area (Å²) in [7, 11) is 0. The van der Waals surface area contributed by atoms with Crippen LogP contribution in [-0.4, -0.2) is 25.5 Å². The molecule has 0 bridgehead atoms. The van der Waals surface area contributed by atoms with E-state index in [9.17, 15) is 18.0 Å². The van der Waals surface area contributed by atoms with E-state index in [1.807, 2.05) is 0 Å². The number of nitrogens with one attached hydrogen (secondary N) is 1. The Balaban J connectivity index is 1.79. The van der Waals surface area contributed by atoms with Crippen molar-refractivity contribution in [1.82, 2.24) is 19.6 Å². The Morgan fingerprint density at radius 2 is 1.90 bits per heavy atom. The van der Waals surface area contributed by atoms with E-state index in [-0.39, 0.29) is 12.5 Å². The maximum absolute atomic E-state index is 13.0. The SMILES string of the molecule is Cc1nn(C(C)C(=O)Nc2c(C)nn(Cc3cccc(C(F)(F)F)c3)c2C)cc1Cl. The van der Waals surface area contributed by atoms with E-state index in [1.165, 1.54) is 10.7 Å². The van der Waals surface area contributed by atoms with E-state index in [0.29, 0.717) is 33.4 Å². The molecule has 30 heavy (non-hydrogen) atoms. The predicted molar refractivity (Wildman–Crippen MR) is 108 cm³/mol. The Kier molecular flexibility index (Phi) is 5.94. The van der Waals surface area contributed by atoms with Crippen molar-refractivity contribution in [3.05, 3.63) is 63.7 Å². The highest BCUT2D eigenvalue weighted by atomic mass is 35.5. The average molecular weight is 440 g/mol. The molecule has 3 aromatic rings. The molecule has 2 aromatic heterocycles. The summed E-state index contributed by atoms with van der Waals surface area (Å²) < 4.78 is 41.9. The van der Waals surface area contributed by atoms with Crippen LogP contribution in [0.3, 0.4) is 0 Å². The number of nitrogens with zero attached hydrogens (tertiary/aromatic N) is 4. The molecule has 1 N–H and O–H groups in total. The molecule has 0 radical (unpaired) electrons. The number of rotatable bonds is 5. The normalized spacial score (nSPS) is 12.8. The summed E-state index contributed by atoms with van der Waals surface area (Å²) in [4.78, 5) is 12.7. The van der Waals surface area contributed by atoms with Crippen molar-refractivity contribution in [2.24, 2.45) is 0 Å². The minimum absolute atomic E-state index is 0.149. The second-order valence-corrected chi connectivity index (χ2v) is 7.52. The lowest BCUT2D eigenvalue weighted by Gasteiger charge is -2.13. The van der Waals surface area contributed by atoms with Crippen molar-refractivity contribution in [1.29, 1.82) is 0 Å². The molecule has 1 aromatic carbocycles. The zero-order chi connectivity index (χ0) is 22.2. The highest BCUT2D eigenvalue weighted by Gasteiger charge is 2.30. The molecule has 10 heteroatoms. The number of aromatic nitrogens is 4. The number of carbonyl (C=O) groups is 1. The lowest BCUT2D eigenvalue weighted by Crippen LogP contribution is -2.24. The van der Waals surface area contributed by atoms with Crippen LogP contribution < -0.4 is 5.32 Å². The van der Waals surface area contributed by atoms with Crippen molar-refractivity contribution >= 4 is 23.2 Å². The molecule has 0 aliphatic heterocycles. The van der Waals surface area contributed by atoms with Crippen LogP contribution in [-0.2, 0) is 17.5 Å². The summed E-state index contributed by atoms with van der Waals surface area (Å²) >= 11 is 6.01. The van der Waals surface area contributed by atoms with E-state index >= 15 is 0 Å². The Bertz CT molecular complexity index is 1070. The molecule has 6 nitrogen and oxygen atoms in total. The third-order valence-corrected chi connectivity index (χ3v) is 5.22. The number of hydrogen-bond donors (Lipinski definition) is 1. The van der Waals surface area contributed by atoms with Gasteiger partial charge >= 0.3 is 6.18 Å². The number of aryl methyl sites for hydroxylation is 2. The summed E-state index contributed by atoms with van der Waals surface area (Å²) in [5.41, 5.74) is 2.10. The Hall–Kier alpha value is -2.81. The fraction of sp³-hybridized carbons (Fsp3) is 0.350. The minimum atomic E-state index is -4.41. The minimum Gasteiger partial charge on any atom is -0.321 e. The smallest absolute Gasteiger partial charge is 0.321 e. The summed E-state index contributed by atoms with van der Waals surface area (Å²) in [6.07, 6.45) is -2.83. The third-order valence-electron chi connectivity index (χ3n) is 4.85. The predicted octanol–water partition coefficient (Wildman–Crippen LogP) is 4.93. The zero-order valence-corrected chi connectivity index (χ0v) is 17.6. The molecular weight excluding hydrogens is 419 g/mol. The van der Waals surface area contributed by atoms with Gasteiger partial charge in [0.25, 0.3) is 0 Å². The maximum atomic E-state index is 13.0. The van der Waals surface area contributed by atoms with Crippen LogP contribution in [0, 0.1) is 20.8 Å². The first-order valence-electron chi connectivity index (χ1n) is 9.19. The number of halogens is 4. The molecule has 2 heterocycles. The van der Waals surface area contributed by atoms with Gasteiger partial charge in [-0.05, 0) is 45.4 Å². The molecule has 0 fully saturated rings. The lowest BCUT2D eigenvalue weighted by atomic mass is 10.1. The number of hydrogen-bond acceptors (Lipinski definition) is 3. The van der Waals surface area contributed by atoms with Gasteiger partial charge in [0.2, 0.25) is 5.91 Å². The summed E-state index contributed by atoms with van der Waals surface area (Å²) in [5, 5.41) is 11.9. The molecule has 1 amide bonds. The van der Waals surface area contributed by atoms with E-state index in [1.54, 1.807) is 44.6 Å². The van der Waals surface area contributed by atoms with Crippen LogP contribution in [0.5, 0.6) is 0 Å². The van der Waals surface area contributed by atoms with Crippen LogP contribution in [0.2, 0.25) is 5.02 Å². The van der Waals surface area contributed by atoms with Crippen LogP contribution in [0.15, 0.2) is 30.5 Å². The average Bonchev–Trinajstić information content (AvgIpc) is 3.14. The van der Waals surface area contributed by atoms with E-state index in [0.717, 1.165) is 12.1 Å². The standard InChI is InChI=1S/C20H21ClF3N5O/c1-11-17(21)10-29(26-11)14(4)19(30)25-18-12(2)27-28(13(18)3)9-15-6-5-7-16(8-15)20(22,23)24/h5-8,10,14H,9H2,1-4H3,(H,25,30). The van der Waals surface area contributed by atoms with Crippen molar-refractivity contribution in [3.8, 4) is 0 Å². The van der Waals surface area contributed by atoms with Crippen LogP contribution in [0.25, 0.3) is 0 Å². The van der Waals surface area contributed by atoms with Gasteiger partial charge in [-0.15, -0.1) is 0 Å². The molecular formula is C20H21ClF3N5O. The Labute approximate surface area is 176 Å². The van der Waals surface area contributed by atoms with Crippen molar-refractivity contribution in [2.75, 3.05) is 5.32 Å². The van der Waals surface area contributed by atoms with Crippen LogP contribution in [0.1, 0.15) is 41.2 Å². The van der Waals surface area contributed by atoms with Crippen LogP contribution >= 0.6 is 11.6 Å². The number of alkyl halides is 3. The maximum Gasteiger partial charge on any atom is 0.416 e. The molecule has 3 rings (SSSR count). The molecule has 1 atom stereocenters. The summed E-state index contributed by atoms with van der Waals surface area (Å²) in [5.74, 6) is -0.306. The monoisotopic (exact) mass is 439 g/mol. The Morgan fingerprint density at radius 1 is 1.20 bits per heavy atom. The van der Waals surface area contributed by atoms with Crippen molar-refractivity contribution in [2.45, 2.75) is 46.5 Å². The number of benzene rings is 1. The van der Waals surface area contributed by atoms with Gasteiger partial charge in [0.1, 0.15) is 6.04 Å². The molecule has 0 spiro atoms. The van der Waals surface area contributed by atoms with Gasteiger partial charge in [0, 0.05) is 6.20 Å². The number of anilines is 1. The van der Waals surface area contributed by atoms with E-state index < -0.39 is 17.8 Å². The highest BCUT2D eigenvalue weighted by Crippen LogP contribution is 2.30. The number of carbonyl (C=O) groups excluding carboxylic acids is 1. The second-order valence-electron chi connectivity index (χ2n) is 7.11. The van der Waals surface area contributed by atoms with Gasteiger partial charge in [0.05, 0.1) is 39.9 Å². The first-order valence-corrected chi connectivity index (χ1v) is 9.57. The van der Waals surface area contributed by atoms with Crippen LogP contribution in [0.4, 0.5) is 18.9 Å². The van der Waals surface area contributed by atoms with Gasteiger partial charge in [-0.3, -0.25) is 14.2 Å². The number of amides is 1. The second kappa shape index (κ2) is 8.14. The quantitative estimate of drug-likeness (QED) is 0.613. The van der Waals surface area contributed by atoms with E-state index in [4.69, 9.17) is 11.6 Å². The molecule has 0 aliphatic carbocycles. The molecule has 0 saturated carbocycles. The molecule has 1 unspecified atom stereocenters. The Morgan fingerprint density at radius 3 is 2.50 bits per heavy atom. The largest absolute Gasteiger partial charge is 0.416 e. The zero-order valence-electron chi connectivity index (χ0n) is 16.9. The van der Waals surface area contributed by atoms with Crippen molar-refractivity contribution in [3.63, 3.8) is 0 Å². The summed E-state index contributed by atoms with van der Waals surface area (Å²) in [6.45, 7) is 7.06. The van der Waals surface area contributed by atoms with Gasteiger partial charge in [-0.1, -0.05) is 23.7 Å². The highest BCUT2D eigenvalue weighted by molar-refractivity contribution is 6.31. The topological polar surface area (TPSA) is 64.7 Å². The van der Waals surface area contributed by atoms with Gasteiger partial charge in [-0.25, -0.2) is 0 Å². The van der Waals surface area contributed by atoms with Gasteiger partial charge in [0.15, 0.2) is 0 Å². The molecule has 160 valence electrons. The molecule has 0 saturated heterocycles. The van der Waals surface area contributed by atoms with Gasteiger partial charge < -0.3 is 5.32 Å². The van der Waals surface area contributed by atoms with Crippen molar-refractivity contribution < 1.29 is 18.0 Å². The van der Waals surface area contributed by atoms with Gasteiger partial charge in [-0.2, -0.15) is 23.4 Å². The molecule has 0 aliphatic rings. The van der Waals surface area contributed by atoms with E-state index in [2.05, 4.69) is 15.5 Å². The first-order chi connectivity index (χ1) is 14.0. The summed E-state index contributed by atoms with van der Waals surface area (Å²) in [6, 6.07) is 4.49. The fourth-order valence-corrected chi connectivity index (χ4v) is 3.19.